The number of carbonyl (C=O) groups excluding carboxylic acids is 1. The van der Waals surface area contributed by atoms with Crippen molar-refractivity contribution in [2.45, 2.75) is 44.2 Å². The maximum atomic E-state index is 13.1. The number of hydrogen-bond acceptors (Lipinski definition) is 4. The van der Waals surface area contributed by atoms with Crippen LogP contribution in [-0.4, -0.2) is 26.2 Å². The molecule has 0 aromatic heterocycles. The molecule has 5 heteroatoms. The Kier molecular flexibility index (Phi) is 7.51. The van der Waals surface area contributed by atoms with Crippen molar-refractivity contribution in [3.8, 4) is 17.2 Å². The fraction of sp³-hybridized carbons (Fsp3) is 0.321. The van der Waals surface area contributed by atoms with E-state index < -0.39 is 0 Å². The predicted octanol–water partition coefficient (Wildman–Crippen LogP) is 5.74. The number of amides is 1. The van der Waals surface area contributed by atoms with Crippen molar-refractivity contribution in [1.29, 1.82) is 0 Å². The number of rotatable bonds is 8. The lowest BCUT2D eigenvalue weighted by Gasteiger charge is -2.33. The lowest BCUT2D eigenvalue weighted by atomic mass is 9.79. The summed E-state index contributed by atoms with van der Waals surface area (Å²) in [6.45, 7) is 0.468. The molecule has 0 heterocycles. The maximum absolute atomic E-state index is 13.1. The lowest BCUT2D eigenvalue weighted by molar-refractivity contribution is 0.0920. The second-order valence-corrected chi connectivity index (χ2v) is 8.39. The molecule has 33 heavy (non-hydrogen) atoms. The molecule has 1 saturated carbocycles. The maximum Gasteiger partial charge on any atom is 0.251 e. The molecule has 1 aliphatic carbocycles. The van der Waals surface area contributed by atoms with Gasteiger partial charge in [0.1, 0.15) is 12.4 Å². The van der Waals surface area contributed by atoms with Gasteiger partial charge in [-0.05, 0) is 54.3 Å². The van der Waals surface area contributed by atoms with Crippen LogP contribution in [0.5, 0.6) is 17.2 Å². The van der Waals surface area contributed by atoms with E-state index in [2.05, 4.69) is 11.4 Å². The molecule has 5 nitrogen and oxygen atoms in total. The van der Waals surface area contributed by atoms with Crippen molar-refractivity contribution in [3.05, 3.63) is 89.5 Å². The van der Waals surface area contributed by atoms with Gasteiger partial charge in [0.05, 0.1) is 14.2 Å². The second kappa shape index (κ2) is 10.9. The zero-order valence-corrected chi connectivity index (χ0v) is 19.3. The van der Waals surface area contributed by atoms with Crippen molar-refractivity contribution < 1.29 is 19.0 Å². The SMILES string of the molecule is COc1ccc(C2CCCCC2NC(=O)c2cccc(OCc3ccccc3)c2)cc1OC. The topological polar surface area (TPSA) is 56.8 Å². The van der Waals surface area contributed by atoms with Crippen molar-refractivity contribution in [2.75, 3.05) is 14.2 Å². The van der Waals surface area contributed by atoms with Gasteiger partial charge in [-0.3, -0.25) is 4.79 Å². The van der Waals surface area contributed by atoms with E-state index >= 15 is 0 Å². The van der Waals surface area contributed by atoms with Crippen LogP contribution in [0.1, 0.15) is 53.1 Å². The number of ether oxygens (including phenoxy) is 3. The molecule has 0 spiro atoms. The van der Waals surface area contributed by atoms with Gasteiger partial charge in [-0.2, -0.15) is 0 Å². The Morgan fingerprint density at radius 3 is 2.45 bits per heavy atom. The minimum Gasteiger partial charge on any atom is -0.493 e. The molecule has 1 aliphatic rings. The summed E-state index contributed by atoms with van der Waals surface area (Å²) >= 11 is 0. The van der Waals surface area contributed by atoms with Gasteiger partial charge in [0, 0.05) is 17.5 Å². The number of hydrogen-bond donors (Lipinski definition) is 1. The first-order valence-electron chi connectivity index (χ1n) is 11.5. The van der Waals surface area contributed by atoms with Gasteiger partial charge in [0.25, 0.3) is 5.91 Å². The third-order valence-corrected chi connectivity index (χ3v) is 6.26. The number of benzene rings is 3. The van der Waals surface area contributed by atoms with Crippen LogP contribution in [0.15, 0.2) is 72.8 Å². The Morgan fingerprint density at radius 2 is 1.67 bits per heavy atom. The Morgan fingerprint density at radius 1 is 0.879 bits per heavy atom. The highest BCUT2D eigenvalue weighted by Crippen LogP contribution is 2.37. The van der Waals surface area contributed by atoms with Crippen molar-refractivity contribution in [3.63, 3.8) is 0 Å². The number of nitrogens with one attached hydrogen (secondary N) is 1. The van der Waals surface area contributed by atoms with Crippen LogP contribution in [0, 0.1) is 0 Å². The first-order chi connectivity index (χ1) is 16.2. The van der Waals surface area contributed by atoms with Gasteiger partial charge in [0.15, 0.2) is 11.5 Å². The molecule has 0 saturated heterocycles. The third-order valence-electron chi connectivity index (χ3n) is 6.26. The van der Waals surface area contributed by atoms with Crippen LogP contribution in [-0.2, 0) is 6.61 Å². The Bertz CT molecular complexity index is 1070. The first kappa shape index (κ1) is 22.7. The highest BCUT2D eigenvalue weighted by Gasteiger charge is 2.29. The van der Waals surface area contributed by atoms with E-state index in [9.17, 15) is 4.79 Å². The quantitative estimate of drug-likeness (QED) is 0.480. The standard InChI is InChI=1S/C28H31NO4/c1-31-26-16-15-21(18-27(26)32-2)24-13-6-7-14-25(24)29-28(30)22-11-8-12-23(17-22)33-19-20-9-4-3-5-10-20/h3-5,8-12,15-18,24-25H,6-7,13-14,19H2,1-2H3,(H,29,30). The summed E-state index contributed by atoms with van der Waals surface area (Å²) in [6, 6.07) is 23.5. The van der Waals surface area contributed by atoms with Crippen molar-refractivity contribution >= 4 is 5.91 Å². The Balaban J connectivity index is 1.45. The van der Waals surface area contributed by atoms with E-state index in [-0.39, 0.29) is 17.9 Å². The summed E-state index contributed by atoms with van der Waals surface area (Å²) in [7, 11) is 3.29. The molecule has 0 aliphatic heterocycles. The van der Waals surface area contributed by atoms with E-state index in [0.717, 1.165) is 36.8 Å². The first-order valence-corrected chi connectivity index (χ1v) is 11.5. The molecule has 1 N–H and O–H groups in total. The van der Waals surface area contributed by atoms with Crippen LogP contribution in [0.4, 0.5) is 0 Å². The van der Waals surface area contributed by atoms with Gasteiger partial charge < -0.3 is 19.5 Å². The van der Waals surface area contributed by atoms with Crippen molar-refractivity contribution in [1.82, 2.24) is 5.32 Å². The normalized spacial score (nSPS) is 17.8. The summed E-state index contributed by atoms with van der Waals surface area (Å²) in [6.07, 6.45) is 4.23. The average Bonchev–Trinajstić information content (AvgIpc) is 2.88. The fourth-order valence-corrected chi connectivity index (χ4v) is 4.51. The Labute approximate surface area is 195 Å². The van der Waals surface area contributed by atoms with E-state index in [1.807, 2.05) is 66.7 Å². The smallest absolute Gasteiger partial charge is 0.251 e. The molecule has 0 radical (unpaired) electrons. The molecular formula is C28H31NO4. The minimum absolute atomic E-state index is 0.0678. The lowest BCUT2D eigenvalue weighted by Crippen LogP contribution is -2.41. The van der Waals surface area contributed by atoms with Crippen LogP contribution in [0.2, 0.25) is 0 Å². The molecule has 0 bridgehead atoms. The molecule has 3 aromatic carbocycles. The van der Waals surface area contributed by atoms with Crippen molar-refractivity contribution in [2.24, 2.45) is 0 Å². The van der Waals surface area contributed by atoms with E-state index in [1.165, 1.54) is 0 Å². The summed E-state index contributed by atoms with van der Waals surface area (Å²) in [5.41, 5.74) is 2.86. The summed E-state index contributed by atoms with van der Waals surface area (Å²) < 4.78 is 16.8. The average molecular weight is 446 g/mol. The number of carbonyl (C=O) groups is 1. The fourth-order valence-electron chi connectivity index (χ4n) is 4.51. The number of methoxy groups -OCH3 is 2. The van der Waals surface area contributed by atoms with Gasteiger partial charge in [-0.15, -0.1) is 0 Å². The Hall–Kier alpha value is -3.47. The van der Waals surface area contributed by atoms with Gasteiger partial charge in [-0.1, -0.05) is 55.3 Å². The molecule has 4 rings (SSSR count). The van der Waals surface area contributed by atoms with Crippen LogP contribution >= 0.6 is 0 Å². The predicted molar refractivity (Wildman–Crippen MR) is 129 cm³/mol. The van der Waals surface area contributed by atoms with E-state index in [1.54, 1.807) is 14.2 Å². The third kappa shape index (κ3) is 5.67. The highest BCUT2D eigenvalue weighted by molar-refractivity contribution is 5.94. The summed E-state index contributed by atoms with van der Waals surface area (Å²) in [5.74, 6) is 2.28. The van der Waals surface area contributed by atoms with E-state index in [0.29, 0.717) is 29.4 Å². The molecule has 2 unspecified atom stereocenters. The molecule has 1 amide bonds. The van der Waals surface area contributed by atoms with Gasteiger partial charge >= 0.3 is 0 Å². The van der Waals surface area contributed by atoms with Crippen LogP contribution in [0.25, 0.3) is 0 Å². The molecule has 1 fully saturated rings. The minimum atomic E-state index is -0.0717. The second-order valence-electron chi connectivity index (χ2n) is 8.39. The summed E-state index contributed by atoms with van der Waals surface area (Å²) in [5, 5.41) is 3.28. The monoisotopic (exact) mass is 445 g/mol. The zero-order chi connectivity index (χ0) is 23.0. The zero-order valence-electron chi connectivity index (χ0n) is 19.3. The van der Waals surface area contributed by atoms with Crippen LogP contribution in [0.3, 0.4) is 0 Å². The van der Waals surface area contributed by atoms with Gasteiger partial charge in [-0.25, -0.2) is 0 Å². The summed E-state index contributed by atoms with van der Waals surface area (Å²) in [4.78, 5) is 13.1. The molecule has 3 aromatic rings. The molecule has 172 valence electrons. The van der Waals surface area contributed by atoms with Gasteiger partial charge in [0.2, 0.25) is 0 Å². The van der Waals surface area contributed by atoms with E-state index in [4.69, 9.17) is 14.2 Å². The molecule has 2 atom stereocenters. The largest absolute Gasteiger partial charge is 0.493 e. The molecular weight excluding hydrogens is 414 g/mol. The van der Waals surface area contributed by atoms with Crippen LogP contribution < -0.4 is 19.5 Å². The highest BCUT2D eigenvalue weighted by atomic mass is 16.5.